The van der Waals surface area contributed by atoms with Crippen LogP contribution in [0.5, 0.6) is 0 Å². The smallest absolute Gasteiger partial charge is 0.0782 e. The number of nitrogens with zero attached hydrogens (tertiary/aromatic N) is 1. The van der Waals surface area contributed by atoms with Crippen molar-refractivity contribution in [3.8, 4) is 0 Å². The Morgan fingerprint density at radius 1 is 0.500 bits per heavy atom. The van der Waals surface area contributed by atoms with Gasteiger partial charge in [-0.05, 0) is 12.8 Å². The van der Waals surface area contributed by atoms with E-state index in [4.69, 9.17) is 0 Å². The molecule has 0 aromatic heterocycles. The second-order valence-corrected chi connectivity index (χ2v) is 8.39. The predicted octanol–water partition coefficient (Wildman–Crippen LogP) is 5.68. The molecule has 0 N–H and O–H groups in total. The topological polar surface area (TPSA) is 23.1 Å². The standard InChI is InChI=1S/C22H47NO/c1-4-5-6-7-8-9-10-11-12-13-14-15-16-17-18-19-20-23(2,3)21-22-24/h4-22H2,1-3H3. The van der Waals surface area contributed by atoms with Crippen molar-refractivity contribution in [3.63, 3.8) is 0 Å². The lowest BCUT2D eigenvalue weighted by atomic mass is 10.0. The van der Waals surface area contributed by atoms with E-state index in [9.17, 15) is 5.11 Å². The Balaban J connectivity index is 3.10. The molecule has 0 atom stereocenters. The van der Waals surface area contributed by atoms with E-state index in [-0.39, 0.29) is 6.61 Å². The van der Waals surface area contributed by atoms with Crippen LogP contribution in [0.15, 0.2) is 0 Å². The molecule has 0 aliphatic rings. The Labute approximate surface area is 153 Å². The summed E-state index contributed by atoms with van der Waals surface area (Å²) in [7, 11) is 4.37. The van der Waals surface area contributed by atoms with E-state index in [1.165, 1.54) is 109 Å². The summed E-state index contributed by atoms with van der Waals surface area (Å²) in [6.45, 7) is 4.29. The molecular formula is C22H47NO. The molecule has 0 heterocycles. The van der Waals surface area contributed by atoms with Crippen LogP contribution in [0.2, 0.25) is 0 Å². The molecule has 0 amide bonds. The fourth-order valence-corrected chi connectivity index (χ4v) is 3.45. The molecule has 2 heteroatoms. The maximum atomic E-state index is 10.7. The zero-order valence-corrected chi connectivity index (χ0v) is 17.3. The van der Waals surface area contributed by atoms with E-state index in [1.807, 2.05) is 0 Å². The van der Waals surface area contributed by atoms with Gasteiger partial charge in [-0.15, -0.1) is 0 Å². The summed E-state index contributed by atoms with van der Waals surface area (Å²) in [6, 6.07) is 0. The molecule has 0 aromatic carbocycles. The second kappa shape index (κ2) is 17.7. The minimum Gasteiger partial charge on any atom is -0.850 e. The quantitative estimate of drug-likeness (QED) is 0.219. The van der Waals surface area contributed by atoms with Crippen LogP contribution in [0.1, 0.15) is 110 Å². The van der Waals surface area contributed by atoms with Gasteiger partial charge in [0.25, 0.3) is 0 Å². The first-order valence-electron chi connectivity index (χ1n) is 11.0. The highest BCUT2D eigenvalue weighted by Crippen LogP contribution is 2.14. The molecule has 0 aromatic rings. The van der Waals surface area contributed by atoms with Crippen LogP contribution >= 0.6 is 0 Å². The molecule has 0 unspecified atom stereocenters. The van der Waals surface area contributed by atoms with Crippen molar-refractivity contribution in [1.29, 1.82) is 0 Å². The predicted molar refractivity (Wildman–Crippen MR) is 106 cm³/mol. The fourth-order valence-electron chi connectivity index (χ4n) is 3.45. The largest absolute Gasteiger partial charge is 0.850 e. The minimum atomic E-state index is 0.0614. The average molecular weight is 342 g/mol. The third kappa shape index (κ3) is 18.3. The maximum Gasteiger partial charge on any atom is 0.0782 e. The Bertz CT molecular complexity index is 240. The highest BCUT2D eigenvalue weighted by atomic mass is 16.3. The molecule has 0 bridgehead atoms. The minimum absolute atomic E-state index is 0.0614. The van der Waals surface area contributed by atoms with Crippen molar-refractivity contribution in [3.05, 3.63) is 0 Å². The lowest BCUT2D eigenvalue weighted by molar-refractivity contribution is -0.895. The first-order valence-corrected chi connectivity index (χ1v) is 11.0. The summed E-state index contributed by atoms with van der Waals surface area (Å²) in [5.41, 5.74) is 0. The monoisotopic (exact) mass is 341 g/mol. The van der Waals surface area contributed by atoms with Gasteiger partial charge in [-0.2, -0.15) is 0 Å². The summed E-state index contributed by atoms with van der Waals surface area (Å²) in [4.78, 5) is 0. The number of hydrogen-bond acceptors (Lipinski definition) is 1. The fraction of sp³-hybridized carbons (Fsp3) is 1.00. The molecule has 0 saturated carbocycles. The van der Waals surface area contributed by atoms with Crippen LogP contribution in [0.25, 0.3) is 0 Å². The van der Waals surface area contributed by atoms with Crippen LogP contribution in [0.3, 0.4) is 0 Å². The second-order valence-electron chi connectivity index (χ2n) is 8.39. The van der Waals surface area contributed by atoms with Gasteiger partial charge in [-0.3, -0.25) is 0 Å². The molecular weight excluding hydrogens is 294 g/mol. The number of hydrogen-bond donors (Lipinski definition) is 0. The lowest BCUT2D eigenvalue weighted by Gasteiger charge is -2.31. The first kappa shape index (κ1) is 23.9. The van der Waals surface area contributed by atoms with Gasteiger partial charge in [0.05, 0.1) is 27.2 Å². The summed E-state index contributed by atoms with van der Waals surface area (Å²) in [5, 5.41) is 10.7. The van der Waals surface area contributed by atoms with Crippen molar-refractivity contribution >= 4 is 0 Å². The van der Waals surface area contributed by atoms with Gasteiger partial charge in [0.15, 0.2) is 0 Å². The summed E-state index contributed by atoms with van der Waals surface area (Å²) < 4.78 is 0.905. The van der Waals surface area contributed by atoms with Gasteiger partial charge < -0.3 is 9.59 Å². The van der Waals surface area contributed by atoms with Crippen molar-refractivity contribution in [2.75, 3.05) is 33.8 Å². The van der Waals surface area contributed by atoms with E-state index < -0.39 is 0 Å². The summed E-state index contributed by atoms with van der Waals surface area (Å²) >= 11 is 0. The number of unbranched alkanes of at least 4 members (excludes halogenated alkanes) is 15. The molecule has 24 heavy (non-hydrogen) atoms. The van der Waals surface area contributed by atoms with Gasteiger partial charge in [0, 0.05) is 0 Å². The lowest BCUT2D eigenvalue weighted by Crippen LogP contribution is -2.44. The molecule has 146 valence electrons. The van der Waals surface area contributed by atoms with Gasteiger partial charge in [0.1, 0.15) is 0 Å². The highest BCUT2D eigenvalue weighted by molar-refractivity contribution is 4.50. The highest BCUT2D eigenvalue weighted by Gasteiger charge is 2.10. The van der Waals surface area contributed by atoms with Crippen molar-refractivity contribution in [2.45, 2.75) is 110 Å². The van der Waals surface area contributed by atoms with E-state index in [2.05, 4.69) is 21.0 Å². The first-order chi connectivity index (χ1) is 11.6. The Kier molecular flexibility index (Phi) is 17.7. The summed E-state index contributed by atoms with van der Waals surface area (Å²) in [6.07, 6.45) is 22.7. The zero-order chi connectivity index (χ0) is 17.9. The molecule has 0 radical (unpaired) electrons. The Hall–Kier alpha value is -0.0800. The Morgan fingerprint density at radius 2 is 0.833 bits per heavy atom. The van der Waals surface area contributed by atoms with Crippen LogP contribution in [-0.4, -0.2) is 38.3 Å². The normalized spacial score (nSPS) is 12.0. The van der Waals surface area contributed by atoms with Gasteiger partial charge in [-0.1, -0.05) is 103 Å². The summed E-state index contributed by atoms with van der Waals surface area (Å²) in [5.74, 6) is 0. The molecule has 0 aliphatic carbocycles. The number of likely N-dealkylation sites (N-methyl/N-ethyl adjacent to an activating group) is 1. The molecule has 0 rings (SSSR count). The third-order valence-electron chi connectivity index (χ3n) is 5.31. The van der Waals surface area contributed by atoms with Gasteiger partial charge in [-0.25, -0.2) is 0 Å². The van der Waals surface area contributed by atoms with Crippen molar-refractivity contribution in [1.82, 2.24) is 0 Å². The molecule has 0 aliphatic heterocycles. The molecule has 0 spiro atoms. The zero-order valence-electron chi connectivity index (χ0n) is 17.3. The van der Waals surface area contributed by atoms with E-state index >= 15 is 0 Å². The third-order valence-corrected chi connectivity index (χ3v) is 5.31. The van der Waals surface area contributed by atoms with E-state index in [0.29, 0.717) is 0 Å². The van der Waals surface area contributed by atoms with Gasteiger partial charge >= 0.3 is 0 Å². The maximum absolute atomic E-state index is 10.7. The average Bonchev–Trinajstić information content (AvgIpc) is 2.54. The Morgan fingerprint density at radius 3 is 1.17 bits per heavy atom. The molecule has 2 nitrogen and oxygen atoms in total. The molecule has 0 fully saturated rings. The number of quaternary nitrogens is 1. The van der Waals surface area contributed by atoms with Crippen molar-refractivity contribution < 1.29 is 9.59 Å². The van der Waals surface area contributed by atoms with Gasteiger partial charge in [0.2, 0.25) is 0 Å². The van der Waals surface area contributed by atoms with Crippen LogP contribution in [0, 0.1) is 0 Å². The molecule has 0 saturated heterocycles. The van der Waals surface area contributed by atoms with Crippen LogP contribution in [-0.2, 0) is 0 Å². The SMILES string of the molecule is CCCCCCCCCCCCCCCCCC[N+](C)(C)CC[O-]. The number of rotatable bonds is 19. The van der Waals surface area contributed by atoms with Crippen LogP contribution in [0.4, 0.5) is 0 Å². The van der Waals surface area contributed by atoms with E-state index in [1.54, 1.807) is 0 Å². The van der Waals surface area contributed by atoms with Crippen LogP contribution < -0.4 is 5.11 Å². The van der Waals surface area contributed by atoms with Crippen molar-refractivity contribution in [2.24, 2.45) is 0 Å². The van der Waals surface area contributed by atoms with E-state index in [0.717, 1.165) is 11.0 Å².